The molecule has 8 heteroatoms. The summed E-state index contributed by atoms with van der Waals surface area (Å²) in [4.78, 5) is 3.79. The Labute approximate surface area is 128 Å². The lowest BCUT2D eigenvalue weighted by molar-refractivity contribution is 0.597. The number of nitrogens with zero attached hydrogens (tertiary/aromatic N) is 1. The first kappa shape index (κ1) is 14.6. The van der Waals surface area contributed by atoms with Crippen molar-refractivity contribution in [1.82, 2.24) is 4.98 Å². The van der Waals surface area contributed by atoms with E-state index in [1.54, 1.807) is 12.1 Å². The predicted octanol–water partition coefficient (Wildman–Crippen LogP) is 3.95. The van der Waals surface area contributed by atoms with Crippen molar-refractivity contribution in [3.8, 4) is 0 Å². The highest BCUT2D eigenvalue weighted by Gasteiger charge is 2.18. The van der Waals surface area contributed by atoms with Crippen molar-refractivity contribution >= 4 is 54.8 Å². The van der Waals surface area contributed by atoms with Crippen LogP contribution in [0.15, 0.2) is 46.0 Å². The van der Waals surface area contributed by atoms with Gasteiger partial charge in [-0.25, -0.2) is 4.98 Å². The van der Waals surface area contributed by atoms with Gasteiger partial charge >= 0.3 is 0 Å². The molecule has 1 N–H and O–H groups in total. The van der Waals surface area contributed by atoms with Gasteiger partial charge < -0.3 is 0 Å². The van der Waals surface area contributed by atoms with Crippen molar-refractivity contribution in [2.24, 2.45) is 0 Å². The molecule has 19 heavy (non-hydrogen) atoms. The van der Waals surface area contributed by atoms with E-state index in [-0.39, 0.29) is 10.0 Å². The Hall–Kier alpha value is -0.820. The summed E-state index contributed by atoms with van der Waals surface area (Å²) in [5.74, 6) is 0. The number of nitrogens with one attached hydrogen (secondary N) is 1. The summed E-state index contributed by atoms with van der Waals surface area (Å²) in [6.07, 6.45) is 1.40. The SMILES string of the molecule is O=S(=O)(Nc1ccc(Cl)c(Cl)c1Br)c1ccccn1. The number of halogens is 3. The Morgan fingerprint density at radius 3 is 2.53 bits per heavy atom. The number of hydrogen-bond acceptors (Lipinski definition) is 3. The van der Waals surface area contributed by atoms with Gasteiger partial charge in [0, 0.05) is 6.20 Å². The summed E-state index contributed by atoms with van der Waals surface area (Å²) < 4.78 is 26.9. The first-order valence-electron chi connectivity index (χ1n) is 4.99. The van der Waals surface area contributed by atoms with Crippen LogP contribution in [-0.4, -0.2) is 13.4 Å². The normalized spacial score (nSPS) is 11.3. The average Bonchev–Trinajstić information content (AvgIpc) is 2.40. The molecule has 1 aromatic carbocycles. The Kier molecular flexibility index (Phi) is 4.35. The van der Waals surface area contributed by atoms with Crippen molar-refractivity contribution < 1.29 is 8.42 Å². The van der Waals surface area contributed by atoms with Crippen LogP contribution in [-0.2, 0) is 10.0 Å². The highest BCUT2D eigenvalue weighted by atomic mass is 79.9. The molecule has 0 bridgehead atoms. The molecule has 0 atom stereocenters. The van der Waals surface area contributed by atoms with Crippen LogP contribution in [0.3, 0.4) is 0 Å². The highest BCUT2D eigenvalue weighted by Crippen LogP contribution is 2.36. The van der Waals surface area contributed by atoms with E-state index in [1.165, 1.54) is 24.4 Å². The second kappa shape index (κ2) is 5.66. The number of rotatable bonds is 3. The zero-order valence-electron chi connectivity index (χ0n) is 9.27. The van der Waals surface area contributed by atoms with Crippen molar-refractivity contribution in [3.63, 3.8) is 0 Å². The number of benzene rings is 1. The molecule has 1 aromatic heterocycles. The zero-order chi connectivity index (χ0) is 14.0. The Balaban J connectivity index is 2.40. The molecule has 0 aliphatic carbocycles. The molecule has 0 aliphatic heterocycles. The molecular formula is C11H7BrCl2N2O2S. The van der Waals surface area contributed by atoms with Gasteiger partial charge in [-0.2, -0.15) is 8.42 Å². The van der Waals surface area contributed by atoms with Crippen molar-refractivity contribution in [1.29, 1.82) is 0 Å². The molecule has 0 aliphatic rings. The van der Waals surface area contributed by atoms with E-state index in [0.717, 1.165) is 0 Å². The van der Waals surface area contributed by atoms with Crippen LogP contribution in [0.1, 0.15) is 0 Å². The molecule has 0 saturated carbocycles. The fourth-order valence-electron chi connectivity index (χ4n) is 1.31. The van der Waals surface area contributed by atoms with Gasteiger partial charge in [-0.1, -0.05) is 29.3 Å². The van der Waals surface area contributed by atoms with Crippen LogP contribution < -0.4 is 4.72 Å². The summed E-state index contributed by atoms with van der Waals surface area (Å²) in [5, 5.41) is 0.491. The van der Waals surface area contributed by atoms with Gasteiger partial charge in [-0.15, -0.1) is 0 Å². The van der Waals surface area contributed by atoms with E-state index in [0.29, 0.717) is 15.2 Å². The molecule has 1 heterocycles. The van der Waals surface area contributed by atoms with Crippen LogP contribution in [0.4, 0.5) is 5.69 Å². The zero-order valence-corrected chi connectivity index (χ0v) is 13.2. The minimum Gasteiger partial charge on any atom is -0.277 e. The molecule has 2 aromatic rings. The topological polar surface area (TPSA) is 59.1 Å². The van der Waals surface area contributed by atoms with E-state index < -0.39 is 10.0 Å². The summed E-state index contributed by atoms with van der Waals surface area (Å²) in [7, 11) is -3.76. The number of sulfonamides is 1. The van der Waals surface area contributed by atoms with E-state index in [9.17, 15) is 8.42 Å². The second-order valence-electron chi connectivity index (χ2n) is 3.50. The minimum absolute atomic E-state index is 0.0760. The molecule has 2 rings (SSSR count). The fraction of sp³-hybridized carbons (Fsp3) is 0. The number of hydrogen-bond donors (Lipinski definition) is 1. The van der Waals surface area contributed by atoms with E-state index in [4.69, 9.17) is 23.2 Å². The van der Waals surface area contributed by atoms with Gasteiger partial charge in [0.15, 0.2) is 5.03 Å². The summed E-state index contributed by atoms with van der Waals surface area (Å²) in [6, 6.07) is 7.64. The molecule has 0 spiro atoms. The number of anilines is 1. The molecule has 0 fully saturated rings. The monoisotopic (exact) mass is 380 g/mol. The lowest BCUT2D eigenvalue weighted by Gasteiger charge is -2.10. The minimum atomic E-state index is -3.76. The van der Waals surface area contributed by atoms with Gasteiger partial charge in [0.2, 0.25) is 0 Å². The van der Waals surface area contributed by atoms with E-state index in [1.807, 2.05) is 0 Å². The van der Waals surface area contributed by atoms with Crippen molar-refractivity contribution in [2.45, 2.75) is 5.03 Å². The lowest BCUT2D eigenvalue weighted by atomic mass is 10.3. The fourth-order valence-corrected chi connectivity index (χ4v) is 3.34. The maximum absolute atomic E-state index is 12.1. The molecule has 4 nitrogen and oxygen atoms in total. The van der Waals surface area contributed by atoms with Crippen molar-refractivity contribution in [3.05, 3.63) is 51.0 Å². The van der Waals surface area contributed by atoms with Crippen LogP contribution in [0.2, 0.25) is 10.0 Å². The van der Waals surface area contributed by atoms with E-state index in [2.05, 4.69) is 25.6 Å². The number of aromatic nitrogens is 1. The standard InChI is InChI=1S/C11H7BrCl2N2O2S/c12-10-8(5-4-7(13)11(10)14)16-19(17,18)9-3-1-2-6-15-9/h1-6,16H. The highest BCUT2D eigenvalue weighted by molar-refractivity contribution is 9.10. The Morgan fingerprint density at radius 2 is 1.89 bits per heavy atom. The van der Waals surface area contributed by atoms with Gasteiger partial charge in [0.05, 0.1) is 20.2 Å². The second-order valence-corrected chi connectivity index (χ2v) is 6.70. The Morgan fingerprint density at radius 1 is 1.16 bits per heavy atom. The quantitative estimate of drug-likeness (QED) is 0.818. The molecule has 0 radical (unpaired) electrons. The van der Waals surface area contributed by atoms with Gasteiger partial charge in [0.1, 0.15) is 0 Å². The van der Waals surface area contributed by atoms with Crippen molar-refractivity contribution in [2.75, 3.05) is 4.72 Å². The van der Waals surface area contributed by atoms with Gasteiger partial charge in [-0.3, -0.25) is 4.72 Å². The largest absolute Gasteiger partial charge is 0.279 e. The molecule has 0 amide bonds. The summed E-state index contributed by atoms with van der Waals surface area (Å²) >= 11 is 14.9. The third kappa shape index (κ3) is 3.20. The Bertz CT molecular complexity index is 708. The molecule has 0 saturated heterocycles. The predicted molar refractivity (Wildman–Crippen MR) is 79.2 cm³/mol. The van der Waals surface area contributed by atoms with Crippen LogP contribution in [0, 0.1) is 0 Å². The maximum atomic E-state index is 12.1. The molecule has 0 unspecified atom stereocenters. The number of pyridine rings is 1. The summed E-state index contributed by atoms with van der Waals surface area (Å²) in [5.41, 5.74) is 0.292. The van der Waals surface area contributed by atoms with E-state index >= 15 is 0 Å². The average molecular weight is 382 g/mol. The smallest absolute Gasteiger partial charge is 0.277 e. The third-order valence-electron chi connectivity index (χ3n) is 2.19. The van der Waals surface area contributed by atoms with Crippen LogP contribution in [0.5, 0.6) is 0 Å². The van der Waals surface area contributed by atoms with Gasteiger partial charge in [-0.05, 0) is 40.2 Å². The maximum Gasteiger partial charge on any atom is 0.279 e. The first-order valence-corrected chi connectivity index (χ1v) is 8.02. The van der Waals surface area contributed by atoms with Crippen LogP contribution in [0.25, 0.3) is 0 Å². The van der Waals surface area contributed by atoms with Gasteiger partial charge in [0.25, 0.3) is 10.0 Å². The lowest BCUT2D eigenvalue weighted by Crippen LogP contribution is -2.14. The molecule has 100 valence electrons. The third-order valence-corrected chi connectivity index (χ3v) is 5.33. The summed E-state index contributed by atoms with van der Waals surface area (Å²) in [6.45, 7) is 0. The molecular weight excluding hydrogens is 375 g/mol. The van der Waals surface area contributed by atoms with Crippen LogP contribution >= 0.6 is 39.1 Å². The first-order chi connectivity index (χ1) is 8.92.